The fraction of sp³-hybridized carbons (Fsp3) is 0.467. The highest BCUT2D eigenvalue weighted by Gasteiger charge is 2.26. The first-order chi connectivity index (χ1) is 9.97. The summed E-state index contributed by atoms with van der Waals surface area (Å²) in [5, 5.41) is 0.677. The number of hydrogen-bond acceptors (Lipinski definition) is 3. The molecule has 114 valence electrons. The molecule has 5 nitrogen and oxygen atoms in total. The number of nitrogens with one attached hydrogen (secondary N) is 2. The van der Waals surface area contributed by atoms with Crippen molar-refractivity contribution in [2.75, 3.05) is 12.3 Å². The Kier molecular flexibility index (Phi) is 3.67. The second-order valence-electron chi connectivity index (χ2n) is 5.98. The number of H-pyrrole nitrogens is 1. The van der Waals surface area contributed by atoms with Crippen LogP contribution in [0.1, 0.15) is 26.2 Å². The van der Waals surface area contributed by atoms with E-state index >= 15 is 0 Å². The van der Waals surface area contributed by atoms with Crippen molar-refractivity contribution in [1.82, 2.24) is 9.71 Å². The van der Waals surface area contributed by atoms with Crippen LogP contribution in [0.15, 0.2) is 29.3 Å². The average molecular weight is 307 g/mol. The summed E-state index contributed by atoms with van der Waals surface area (Å²) in [4.78, 5) is 3.27. The van der Waals surface area contributed by atoms with Crippen LogP contribution < -0.4 is 10.5 Å². The van der Waals surface area contributed by atoms with E-state index in [4.69, 9.17) is 5.73 Å². The van der Waals surface area contributed by atoms with Crippen LogP contribution in [-0.4, -0.2) is 19.9 Å². The zero-order valence-electron chi connectivity index (χ0n) is 12.1. The minimum atomic E-state index is -3.49. The zero-order valence-corrected chi connectivity index (χ0v) is 12.9. The van der Waals surface area contributed by atoms with Gasteiger partial charge in [-0.2, -0.15) is 0 Å². The van der Waals surface area contributed by atoms with Crippen molar-refractivity contribution in [1.29, 1.82) is 0 Å². The highest BCUT2D eigenvalue weighted by molar-refractivity contribution is 7.89. The van der Waals surface area contributed by atoms with E-state index < -0.39 is 10.0 Å². The van der Waals surface area contributed by atoms with Crippen molar-refractivity contribution in [3.05, 3.63) is 24.4 Å². The van der Waals surface area contributed by atoms with Crippen LogP contribution in [0, 0.1) is 11.8 Å². The number of anilines is 1. The molecule has 1 saturated carbocycles. The van der Waals surface area contributed by atoms with Gasteiger partial charge in [-0.3, -0.25) is 0 Å². The molecule has 3 rings (SSSR count). The average Bonchev–Trinajstić information content (AvgIpc) is 3.02. The van der Waals surface area contributed by atoms with Crippen molar-refractivity contribution in [3.63, 3.8) is 0 Å². The molecule has 0 saturated heterocycles. The number of nitrogens with two attached hydrogens (primary N) is 1. The van der Waals surface area contributed by atoms with Gasteiger partial charge in [-0.25, -0.2) is 13.1 Å². The van der Waals surface area contributed by atoms with Crippen molar-refractivity contribution in [2.45, 2.75) is 31.1 Å². The second kappa shape index (κ2) is 5.35. The molecule has 4 N–H and O–H groups in total. The molecule has 2 unspecified atom stereocenters. The van der Waals surface area contributed by atoms with Crippen molar-refractivity contribution in [2.24, 2.45) is 11.8 Å². The lowest BCUT2D eigenvalue weighted by Gasteiger charge is -2.15. The van der Waals surface area contributed by atoms with Gasteiger partial charge in [-0.05, 0) is 36.5 Å². The Hall–Kier alpha value is -1.53. The van der Waals surface area contributed by atoms with Crippen LogP contribution in [0.4, 0.5) is 5.69 Å². The zero-order chi connectivity index (χ0) is 15.0. The second-order valence-corrected chi connectivity index (χ2v) is 7.71. The van der Waals surface area contributed by atoms with E-state index in [9.17, 15) is 8.42 Å². The fourth-order valence-corrected chi connectivity index (χ4v) is 4.43. The van der Waals surface area contributed by atoms with E-state index in [1.165, 1.54) is 19.0 Å². The summed E-state index contributed by atoms with van der Waals surface area (Å²) in [5.74, 6) is 1.04. The number of aromatic nitrogens is 1. The first-order valence-corrected chi connectivity index (χ1v) is 8.82. The molecule has 1 aliphatic carbocycles. The van der Waals surface area contributed by atoms with E-state index in [1.807, 2.05) is 0 Å². The number of hydrogen-bond donors (Lipinski definition) is 3. The highest BCUT2D eigenvalue weighted by Crippen LogP contribution is 2.31. The molecule has 1 heterocycles. The van der Waals surface area contributed by atoms with Gasteiger partial charge in [0.2, 0.25) is 10.0 Å². The number of benzene rings is 1. The third kappa shape index (κ3) is 2.78. The molecule has 0 spiro atoms. The third-order valence-corrected chi connectivity index (χ3v) is 6.00. The third-order valence-electron chi connectivity index (χ3n) is 4.53. The van der Waals surface area contributed by atoms with Gasteiger partial charge in [0.15, 0.2) is 0 Å². The minimum absolute atomic E-state index is 0.295. The van der Waals surface area contributed by atoms with E-state index in [0.717, 1.165) is 11.9 Å². The van der Waals surface area contributed by atoms with Crippen LogP contribution in [0.3, 0.4) is 0 Å². The molecule has 2 aromatic rings. The Morgan fingerprint density at radius 2 is 2.19 bits per heavy atom. The molecule has 0 aliphatic heterocycles. The Morgan fingerprint density at radius 3 is 2.90 bits per heavy atom. The molecule has 6 heteroatoms. The maximum atomic E-state index is 12.5. The van der Waals surface area contributed by atoms with Crippen LogP contribution in [0.2, 0.25) is 0 Å². The lowest BCUT2D eigenvalue weighted by Crippen LogP contribution is -2.30. The highest BCUT2D eigenvalue weighted by atomic mass is 32.2. The normalized spacial score (nSPS) is 22.9. The minimum Gasteiger partial charge on any atom is -0.399 e. The van der Waals surface area contributed by atoms with Gasteiger partial charge >= 0.3 is 0 Å². The fourth-order valence-electron chi connectivity index (χ4n) is 3.16. The van der Waals surface area contributed by atoms with Crippen LogP contribution in [-0.2, 0) is 10.0 Å². The standard InChI is InChI=1S/C15H21N3O2S/c1-10-3-2-4-11(10)8-18-21(19,20)15-9-17-14-7-12(16)5-6-13(14)15/h5-7,9-11,17-18H,2-4,8,16H2,1H3. The quantitative estimate of drug-likeness (QED) is 0.758. The summed E-state index contributed by atoms with van der Waals surface area (Å²) in [5.41, 5.74) is 7.07. The molecule has 0 radical (unpaired) electrons. The van der Waals surface area contributed by atoms with E-state index in [2.05, 4.69) is 16.6 Å². The first kappa shape index (κ1) is 14.4. The molecule has 2 atom stereocenters. The molecule has 0 bridgehead atoms. The molecular weight excluding hydrogens is 286 g/mol. The van der Waals surface area contributed by atoms with Gasteiger partial charge in [0.05, 0.1) is 0 Å². The van der Waals surface area contributed by atoms with Crippen molar-refractivity contribution < 1.29 is 8.42 Å². The molecule has 1 aliphatic rings. The Bertz CT molecular complexity index is 751. The maximum absolute atomic E-state index is 12.5. The van der Waals surface area contributed by atoms with Crippen LogP contribution in [0.5, 0.6) is 0 Å². The van der Waals surface area contributed by atoms with Crippen LogP contribution >= 0.6 is 0 Å². The molecule has 1 aromatic heterocycles. The number of aromatic amines is 1. The lowest BCUT2D eigenvalue weighted by molar-refractivity contribution is 0.414. The summed E-state index contributed by atoms with van der Waals surface area (Å²) in [7, 11) is -3.49. The monoisotopic (exact) mass is 307 g/mol. The van der Waals surface area contributed by atoms with Gasteiger partial charge in [0, 0.05) is 29.3 Å². The summed E-state index contributed by atoms with van der Waals surface area (Å²) < 4.78 is 27.7. The summed E-state index contributed by atoms with van der Waals surface area (Å²) in [6.45, 7) is 2.71. The number of nitrogen functional groups attached to an aromatic ring is 1. The van der Waals surface area contributed by atoms with E-state index in [-0.39, 0.29) is 0 Å². The van der Waals surface area contributed by atoms with Crippen molar-refractivity contribution in [3.8, 4) is 0 Å². The SMILES string of the molecule is CC1CCCC1CNS(=O)(=O)c1c[nH]c2cc(N)ccc12. The van der Waals surface area contributed by atoms with Gasteiger partial charge in [0.1, 0.15) is 4.90 Å². The summed E-state index contributed by atoms with van der Waals surface area (Å²) in [6, 6.07) is 5.20. The number of fused-ring (bicyclic) bond motifs is 1. The Morgan fingerprint density at radius 1 is 1.38 bits per heavy atom. The number of rotatable bonds is 4. The Balaban J connectivity index is 1.83. The predicted octanol–water partition coefficient (Wildman–Crippen LogP) is 2.46. The van der Waals surface area contributed by atoms with E-state index in [0.29, 0.717) is 34.3 Å². The van der Waals surface area contributed by atoms with Gasteiger partial charge < -0.3 is 10.7 Å². The topological polar surface area (TPSA) is 88.0 Å². The van der Waals surface area contributed by atoms with Gasteiger partial charge in [0.25, 0.3) is 0 Å². The molecular formula is C15H21N3O2S. The predicted molar refractivity (Wildman–Crippen MR) is 84.4 cm³/mol. The lowest BCUT2D eigenvalue weighted by atomic mass is 9.99. The van der Waals surface area contributed by atoms with Gasteiger partial charge in [-0.1, -0.05) is 19.8 Å². The Labute approximate surface area is 125 Å². The van der Waals surface area contributed by atoms with Crippen LogP contribution in [0.25, 0.3) is 10.9 Å². The molecule has 1 aromatic carbocycles. The summed E-state index contributed by atoms with van der Waals surface area (Å²) in [6.07, 6.45) is 5.03. The molecule has 0 amide bonds. The summed E-state index contributed by atoms with van der Waals surface area (Å²) >= 11 is 0. The number of sulfonamides is 1. The molecule has 1 fully saturated rings. The van der Waals surface area contributed by atoms with Crippen molar-refractivity contribution >= 4 is 26.6 Å². The van der Waals surface area contributed by atoms with E-state index in [1.54, 1.807) is 18.2 Å². The molecule has 21 heavy (non-hydrogen) atoms. The maximum Gasteiger partial charge on any atom is 0.242 e. The first-order valence-electron chi connectivity index (χ1n) is 7.33. The van der Waals surface area contributed by atoms with Gasteiger partial charge in [-0.15, -0.1) is 0 Å². The largest absolute Gasteiger partial charge is 0.399 e. The smallest absolute Gasteiger partial charge is 0.242 e.